The smallest absolute Gasteiger partial charge is 0.221 e. The van der Waals surface area contributed by atoms with Crippen LogP contribution in [0, 0.1) is 0 Å². The lowest BCUT2D eigenvalue weighted by Crippen LogP contribution is -2.25. The second kappa shape index (κ2) is 5.39. The maximum absolute atomic E-state index is 10.9. The van der Waals surface area contributed by atoms with Gasteiger partial charge in [0.15, 0.2) is 0 Å². The van der Waals surface area contributed by atoms with Crippen molar-refractivity contribution in [2.24, 2.45) is 7.05 Å². The molecule has 0 spiro atoms. The first-order chi connectivity index (χ1) is 6.74. The molecule has 1 rings (SSSR count). The van der Waals surface area contributed by atoms with Crippen molar-refractivity contribution in [1.82, 2.24) is 20.2 Å². The zero-order valence-corrected chi connectivity index (χ0v) is 8.58. The van der Waals surface area contributed by atoms with E-state index in [0.29, 0.717) is 19.5 Å². The molecule has 1 aromatic heterocycles. The van der Waals surface area contributed by atoms with Gasteiger partial charge in [0.25, 0.3) is 0 Å². The Hall–Kier alpha value is -1.36. The van der Waals surface area contributed by atoms with Crippen molar-refractivity contribution >= 4 is 5.91 Å². The highest BCUT2D eigenvalue weighted by atomic mass is 16.1. The van der Waals surface area contributed by atoms with Crippen molar-refractivity contribution in [2.75, 3.05) is 13.6 Å². The van der Waals surface area contributed by atoms with Crippen LogP contribution < -0.4 is 10.6 Å². The van der Waals surface area contributed by atoms with E-state index in [9.17, 15) is 4.79 Å². The minimum atomic E-state index is 0.0531. The van der Waals surface area contributed by atoms with Gasteiger partial charge in [0.05, 0.1) is 6.54 Å². The molecule has 0 aliphatic heterocycles. The van der Waals surface area contributed by atoms with Crippen molar-refractivity contribution in [3.63, 3.8) is 0 Å². The molecule has 0 aliphatic carbocycles. The van der Waals surface area contributed by atoms with Crippen LogP contribution in [0.15, 0.2) is 12.4 Å². The average Bonchev–Trinajstić information content (AvgIpc) is 2.58. The molecule has 0 radical (unpaired) electrons. The molecule has 0 fully saturated rings. The number of hydrogen-bond donors (Lipinski definition) is 2. The van der Waals surface area contributed by atoms with E-state index < -0.39 is 0 Å². The topological polar surface area (TPSA) is 59.0 Å². The summed E-state index contributed by atoms with van der Waals surface area (Å²) in [6.45, 7) is 1.37. The van der Waals surface area contributed by atoms with E-state index in [1.165, 1.54) is 0 Å². The lowest BCUT2D eigenvalue weighted by Gasteiger charge is -2.03. The van der Waals surface area contributed by atoms with E-state index in [-0.39, 0.29) is 5.91 Å². The first-order valence-electron chi connectivity index (χ1n) is 4.61. The monoisotopic (exact) mass is 196 g/mol. The summed E-state index contributed by atoms with van der Waals surface area (Å²) >= 11 is 0. The third-order valence-electron chi connectivity index (χ3n) is 2.01. The minimum absolute atomic E-state index is 0.0531. The fraction of sp³-hybridized carbons (Fsp3) is 0.556. The number of nitrogens with one attached hydrogen (secondary N) is 2. The van der Waals surface area contributed by atoms with Gasteiger partial charge in [-0.1, -0.05) is 0 Å². The van der Waals surface area contributed by atoms with Crippen molar-refractivity contribution in [3.05, 3.63) is 18.2 Å². The summed E-state index contributed by atoms with van der Waals surface area (Å²) in [7, 11) is 3.59. The quantitative estimate of drug-likeness (QED) is 0.633. The Morgan fingerprint density at radius 1 is 1.64 bits per heavy atom. The van der Waals surface area contributed by atoms with E-state index in [1.54, 1.807) is 13.2 Å². The number of amides is 1. The first kappa shape index (κ1) is 10.7. The number of carbonyl (C=O) groups is 1. The summed E-state index contributed by atoms with van der Waals surface area (Å²) < 4.78 is 1.95. The molecule has 5 nitrogen and oxygen atoms in total. The molecule has 1 aromatic rings. The first-order valence-corrected chi connectivity index (χ1v) is 4.61. The highest BCUT2D eigenvalue weighted by molar-refractivity contribution is 5.75. The molecule has 5 heteroatoms. The normalized spacial score (nSPS) is 10.1. The van der Waals surface area contributed by atoms with Gasteiger partial charge in [-0.05, 0) is 0 Å². The van der Waals surface area contributed by atoms with Crippen LogP contribution in [-0.4, -0.2) is 29.1 Å². The minimum Gasteiger partial charge on any atom is -0.359 e. The van der Waals surface area contributed by atoms with Crippen molar-refractivity contribution in [2.45, 2.75) is 13.0 Å². The number of nitrogens with zero attached hydrogens (tertiary/aromatic N) is 2. The zero-order valence-electron chi connectivity index (χ0n) is 8.58. The van der Waals surface area contributed by atoms with Crippen LogP contribution in [-0.2, 0) is 18.4 Å². The Kier molecular flexibility index (Phi) is 4.12. The molecule has 14 heavy (non-hydrogen) atoms. The SMILES string of the molecule is CNC(=O)CCNCc1nccn1C. The Bertz CT molecular complexity index is 295. The highest BCUT2D eigenvalue weighted by Crippen LogP contribution is 1.92. The van der Waals surface area contributed by atoms with Crippen LogP contribution in [0.25, 0.3) is 0 Å². The van der Waals surface area contributed by atoms with Crippen LogP contribution in [0.3, 0.4) is 0 Å². The molecule has 0 atom stereocenters. The van der Waals surface area contributed by atoms with E-state index in [0.717, 1.165) is 5.82 Å². The van der Waals surface area contributed by atoms with Crippen LogP contribution in [0.5, 0.6) is 0 Å². The molecule has 0 unspecified atom stereocenters. The van der Waals surface area contributed by atoms with Gasteiger partial charge in [-0.2, -0.15) is 0 Å². The van der Waals surface area contributed by atoms with Crippen LogP contribution in [0.1, 0.15) is 12.2 Å². The molecule has 0 saturated carbocycles. The molecule has 1 amide bonds. The number of hydrogen-bond acceptors (Lipinski definition) is 3. The lowest BCUT2D eigenvalue weighted by atomic mass is 10.4. The summed E-state index contributed by atoms with van der Waals surface area (Å²) in [5.41, 5.74) is 0. The second-order valence-electron chi connectivity index (χ2n) is 3.05. The third kappa shape index (κ3) is 3.18. The number of aromatic nitrogens is 2. The Morgan fingerprint density at radius 3 is 3.00 bits per heavy atom. The van der Waals surface area contributed by atoms with Crippen LogP contribution >= 0.6 is 0 Å². The van der Waals surface area contributed by atoms with Crippen molar-refractivity contribution in [3.8, 4) is 0 Å². The van der Waals surface area contributed by atoms with Gasteiger partial charge in [0.2, 0.25) is 5.91 Å². The van der Waals surface area contributed by atoms with E-state index in [2.05, 4.69) is 15.6 Å². The number of imidazole rings is 1. The average molecular weight is 196 g/mol. The predicted molar refractivity (Wildman–Crippen MR) is 53.6 cm³/mol. The molecule has 0 saturated heterocycles. The Balaban J connectivity index is 2.16. The molecular formula is C9H16N4O. The largest absolute Gasteiger partial charge is 0.359 e. The molecule has 0 bridgehead atoms. The van der Waals surface area contributed by atoms with Gasteiger partial charge in [-0.25, -0.2) is 4.98 Å². The number of rotatable bonds is 5. The third-order valence-corrected chi connectivity index (χ3v) is 2.01. The molecule has 0 aliphatic rings. The van der Waals surface area contributed by atoms with Gasteiger partial charge in [0, 0.05) is 39.5 Å². The molecular weight excluding hydrogens is 180 g/mol. The van der Waals surface area contributed by atoms with Crippen molar-refractivity contribution < 1.29 is 4.79 Å². The van der Waals surface area contributed by atoms with Gasteiger partial charge < -0.3 is 15.2 Å². The second-order valence-corrected chi connectivity index (χ2v) is 3.05. The number of aryl methyl sites for hydroxylation is 1. The van der Waals surface area contributed by atoms with E-state index in [4.69, 9.17) is 0 Å². The van der Waals surface area contributed by atoms with Gasteiger partial charge >= 0.3 is 0 Å². The molecule has 0 aromatic carbocycles. The Morgan fingerprint density at radius 2 is 2.43 bits per heavy atom. The fourth-order valence-electron chi connectivity index (χ4n) is 1.09. The maximum Gasteiger partial charge on any atom is 0.221 e. The summed E-state index contributed by atoms with van der Waals surface area (Å²) in [4.78, 5) is 15.0. The standard InChI is InChI=1S/C9H16N4O/c1-10-9(14)3-4-11-7-8-12-5-6-13(8)2/h5-6,11H,3-4,7H2,1-2H3,(H,10,14). The summed E-state index contributed by atoms with van der Waals surface area (Å²) in [6.07, 6.45) is 4.16. The fourth-order valence-corrected chi connectivity index (χ4v) is 1.09. The molecule has 78 valence electrons. The summed E-state index contributed by atoms with van der Waals surface area (Å²) in [5, 5.41) is 5.72. The maximum atomic E-state index is 10.9. The lowest BCUT2D eigenvalue weighted by molar-refractivity contribution is -0.120. The van der Waals surface area contributed by atoms with Crippen LogP contribution in [0.4, 0.5) is 0 Å². The van der Waals surface area contributed by atoms with Crippen LogP contribution in [0.2, 0.25) is 0 Å². The summed E-state index contributed by atoms with van der Waals surface area (Å²) in [5.74, 6) is 1.03. The summed E-state index contributed by atoms with van der Waals surface area (Å²) in [6, 6.07) is 0. The highest BCUT2D eigenvalue weighted by Gasteiger charge is 1.99. The molecule has 2 N–H and O–H groups in total. The van der Waals surface area contributed by atoms with Crippen molar-refractivity contribution in [1.29, 1.82) is 0 Å². The number of carbonyl (C=O) groups excluding carboxylic acids is 1. The van der Waals surface area contributed by atoms with Gasteiger partial charge in [0.1, 0.15) is 5.82 Å². The predicted octanol–water partition coefficient (Wildman–Crippen LogP) is -0.354. The van der Waals surface area contributed by atoms with E-state index in [1.807, 2.05) is 17.8 Å². The molecule has 1 heterocycles. The van der Waals surface area contributed by atoms with Gasteiger partial charge in [-0.3, -0.25) is 4.79 Å². The van der Waals surface area contributed by atoms with E-state index >= 15 is 0 Å². The zero-order chi connectivity index (χ0) is 10.4. The Labute approximate surface area is 83.5 Å². The van der Waals surface area contributed by atoms with Gasteiger partial charge in [-0.15, -0.1) is 0 Å².